The number of hydrogen-bond donors (Lipinski definition) is 3. The van der Waals surface area contributed by atoms with E-state index >= 15 is 0 Å². The normalized spacial score (nSPS) is 12.6. The molecule has 2 aromatic heterocycles. The topological polar surface area (TPSA) is 94.8 Å². The highest BCUT2D eigenvalue weighted by Crippen LogP contribution is 2.22. The molecule has 0 aliphatic heterocycles. The van der Waals surface area contributed by atoms with Crippen LogP contribution in [0.4, 0.5) is 5.82 Å². The average Bonchev–Trinajstić information content (AvgIpc) is 2.69. The molecule has 0 aromatic carbocycles. The molecular weight excluding hydrogens is 216 g/mol. The zero-order valence-corrected chi connectivity index (χ0v) is 9.67. The van der Waals surface area contributed by atoms with E-state index < -0.39 is 0 Å². The predicted octanol–water partition coefficient (Wildman–Crippen LogP) is 0.144. The first-order valence-electron chi connectivity index (χ1n) is 5.34. The summed E-state index contributed by atoms with van der Waals surface area (Å²) in [5.74, 6) is 6.19. The second-order valence-electron chi connectivity index (χ2n) is 3.89. The summed E-state index contributed by atoms with van der Waals surface area (Å²) >= 11 is 0. The quantitative estimate of drug-likeness (QED) is 0.515. The van der Waals surface area contributed by atoms with Crippen molar-refractivity contribution in [2.45, 2.75) is 12.5 Å². The van der Waals surface area contributed by atoms with Crippen molar-refractivity contribution in [2.75, 3.05) is 5.73 Å². The van der Waals surface area contributed by atoms with Crippen molar-refractivity contribution in [1.29, 1.82) is 0 Å². The van der Waals surface area contributed by atoms with Crippen molar-refractivity contribution >= 4 is 5.82 Å². The van der Waals surface area contributed by atoms with Gasteiger partial charge in [0.2, 0.25) is 0 Å². The molecule has 6 nitrogen and oxygen atoms in total. The van der Waals surface area contributed by atoms with Crippen molar-refractivity contribution in [2.24, 2.45) is 12.9 Å². The first-order chi connectivity index (χ1) is 8.22. The van der Waals surface area contributed by atoms with Crippen LogP contribution in [0.3, 0.4) is 0 Å². The van der Waals surface area contributed by atoms with E-state index in [0.29, 0.717) is 5.82 Å². The highest BCUT2D eigenvalue weighted by Gasteiger charge is 2.16. The number of pyridine rings is 1. The number of rotatable bonds is 4. The lowest BCUT2D eigenvalue weighted by Crippen LogP contribution is -2.30. The number of nitrogen functional groups attached to an aromatic ring is 1. The molecule has 0 aliphatic carbocycles. The molecule has 5 N–H and O–H groups in total. The number of hydrazine groups is 1. The molecule has 1 unspecified atom stereocenters. The number of aryl methyl sites for hydroxylation is 1. The van der Waals surface area contributed by atoms with E-state index in [2.05, 4.69) is 15.5 Å². The summed E-state index contributed by atoms with van der Waals surface area (Å²) in [6.07, 6.45) is 6.01. The fraction of sp³-hybridized carbons (Fsp3) is 0.273. The van der Waals surface area contributed by atoms with E-state index in [9.17, 15) is 0 Å². The zero-order valence-electron chi connectivity index (χ0n) is 9.67. The maximum Gasteiger partial charge on any atom is 0.126 e. The molecule has 17 heavy (non-hydrogen) atoms. The van der Waals surface area contributed by atoms with Crippen LogP contribution in [0.2, 0.25) is 0 Å². The Bertz CT molecular complexity index is 478. The van der Waals surface area contributed by atoms with E-state index in [1.807, 2.05) is 18.3 Å². The molecule has 2 heterocycles. The number of aromatic nitrogens is 3. The van der Waals surface area contributed by atoms with Crippen molar-refractivity contribution in [3.63, 3.8) is 0 Å². The van der Waals surface area contributed by atoms with Crippen LogP contribution in [0.15, 0.2) is 30.7 Å². The van der Waals surface area contributed by atoms with E-state index in [1.165, 1.54) is 0 Å². The first kappa shape index (κ1) is 11.6. The van der Waals surface area contributed by atoms with Gasteiger partial charge in [-0.1, -0.05) is 6.07 Å². The van der Waals surface area contributed by atoms with Crippen molar-refractivity contribution in [3.05, 3.63) is 41.9 Å². The van der Waals surface area contributed by atoms with Gasteiger partial charge in [0, 0.05) is 25.0 Å². The molecule has 1 atom stereocenters. The van der Waals surface area contributed by atoms with Crippen LogP contribution >= 0.6 is 0 Å². The smallest absolute Gasteiger partial charge is 0.126 e. The lowest BCUT2D eigenvalue weighted by molar-refractivity contribution is 0.552. The summed E-state index contributed by atoms with van der Waals surface area (Å²) in [6, 6.07) is 3.84. The monoisotopic (exact) mass is 232 g/mol. The predicted molar refractivity (Wildman–Crippen MR) is 65.6 cm³/mol. The summed E-state index contributed by atoms with van der Waals surface area (Å²) in [5, 5.41) is 4.11. The fourth-order valence-electron chi connectivity index (χ4n) is 1.75. The van der Waals surface area contributed by atoms with Crippen LogP contribution in [-0.2, 0) is 13.5 Å². The highest BCUT2D eigenvalue weighted by atomic mass is 15.3. The van der Waals surface area contributed by atoms with E-state index in [1.54, 1.807) is 24.1 Å². The molecular formula is C11H16N6. The SMILES string of the molecule is Cn1ncc(C(Cc2cccnc2)NN)c1N. The molecule has 0 aliphatic rings. The maximum atomic E-state index is 5.92. The van der Waals surface area contributed by atoms with Gasteiger partial charge < -0.3 is 5.73 Å². The largest absolute Gasteiger partial charge is 0.384 e. The van der Waals surface area contributed by atoms with Gasteiger partial charge in [0.05, 0.1) is 12.2 Å². The standard InChI is InChI=1S/C11H16N6/c1-17-11(12)9(7-15-17)10(16-13)5-8-3-2-4-14-6-8/h2-4,6-7,10,16H,5,12-13H2,1H3. The third-order valence-electron chi connectivity index (χ3n) is 2.75. The van der Waals surface area contributed by atoms with E-state index in [-0.39, 0.29) is 6.04 Å². The lowest BCUT2D eigenvalue weighted by Gasteiger charge is -2.15. The molecule has 90 valence electrons. The van der Waals surface area contributed by atoms with Gasteiger partial charge in [-0.15, -0.1) is 0 Å². The number of anilines is 1. The minimum Gasteiger partial charge on any atom is -0.384 e. The number of nitrogens with zero attached hydrogens (tertiary/aromatic N) is 3. The summed E-state index contributed by atoms with van der Waals surface area (Å²) < 4.78 is 1.63. The van der Waals surface area contributed by atoms with Gasteiger partial charge >= 0.3 is 0 Å². The summed E-state index contributed by atoms with van der Waals surface area (Å²) in [6.45, 7) is 0. The number of nitrogens with two attached hydrogens (primary N) is 2. The number of hydrogen-bond acceptors (Lipinski definition) is 5. The Kier molecular flexibility index (Phi) is 3.36. The van der Waals surface area contributed by atoms with Gasteiger partial charge in [-0.05, 0) is 18.1 Å². The molecule has 0 spiro atoms. The van der Waals surface area contributed by atoms with Gasteiger partial charge in [-0.3, -0.25) is 20.9 Å². The Labute approximate surface area is 99.6 Å². The van der Waals surface area contributed by atoms with Crippen LogP contribution in [-0.4, -0.2) is 14.8 Å². The molecule has 0 fully saturated rings. The van der Waals surface area contributed by atoms with E-state index in [4.69, 9.17) is 11.6 Å². The summed E-state index contributed by atoms with van der Waals surface area (Å²) in [5.41, 5.74) is 10.7. The van der Waals surface area contributed by atoms with Crippen molar-refractivity contribution in [1.82, 2.24) is 20.2 Å². The van der Waals surface area contributed by atoms with Gasteiger partial charge in [-0.2, -0.15) is 5.10 Å². The van der Waals surface area contributed by atoms with Gasteiger partial charge in [0.25, 0.3) is 0 Å². The third kappa shape index (κ3) is 2.43. The second kappa shape index (κ2) is 4.94. The Morgan fingerprint density at radius 2 is 2.29 bits per heavy atom. The molecule has 0 bridgehead atoms. The van der Waals surface area contributed by atoms with Crippen LogP contribution in [0, 0.1) is 0 Å². The molecule has 6 heteroatoms. The van der Waals surface area contributed by atoms with E-state index in [0.717, 1.165) is 17.5 Å². The molecule has 2 aromatic rings. The summed E-state index contributed by atoms with van der Waals surface area (Å²) in [7, 11) is 1.80. The molecule has 0 saturated carbocycles. The molecule has 0 saturated heterocycles. The maximum absolute atomic E-state index is 5.92. The summed E-state index contributed by atoms with van der Waals surface area (Å²) in [4.78, 5) is 4.07. The third-order valence-corrected chi connectivity index (χ3v) is 2.75. The minimum absolute atomic E-state index is 0.0621. The van der Waals surface area contributed by atoms with Gasteiger partial charge in [0.15, 0.2) is 0 Å². The Morgan fingerprint density at radius 1 is 1.47 bits per heavy atom. The second-order valence-corrected chi connectivity index (χ2v) is 3.89. The highest BCUT2D eigenvalue weighted by molar-refractivity contribution is 5.41. The molecule has 0 amide bonds. The van der Waals surface area contributed by atoms with Crippen molar-refractivity contribution in [3.8, 4) is 0 Å². The molecule has 0 radical (unpaired) electrons. The lowest BCUT2D eigenvalue weighted by atomic mass is 10.0. The Balaban J connectivity index is 2.20. The van der Waals surface area contributed by atoms with Crippen LogP contribution in [0.1, 0.15) is 17.2 Å². The van der Waals surface area contributed by atoms with Crippen LogP contribution in [0.5, 0.6) is 0 Å². The fourth-order valence-corrected chi connectivity index (χ4v) is 1.75. The van der Waals surface area contributed by atoms with Gasteiger partial charge in [-0.25, -0.2) is 0 Å². The van der Waals surface area contributed by atoms with Gasteiger partial charge in [0.1, 0.15) is 5.82 Å². The Hall–Kier alpha value is -1.92. The van der Waals surface area contributed by atoms with Crippen LogP contribution in [0.25, 0.3) is 0 Å². The van der Waals surface area contributed by atoms with Crippen molar-refractivity contribution < 1.29 is 0 Å². The number of nitrogens with one attached hydrogen (secondary N) is 1. The van der Waals surface area contributed by atoms with Crippen LogP contribution < -0.4 is 17.0 Å². The minimum atomic E-state index is -0.0621. The first-order valence-corrected chi connectivity index (χ1v) is 5.34. The zero-order chi connectivity index (χ0) is 12.3. The molecule has 2 rings (SSSR count). The average molecular weight is 232 g/mol. The Morgan fingerprint density at radius 3 is 2.82 bits per heavy atom.